The SMILES string of the molecule is CNC1CCCc2nc(Cc3cccc(OC)c3)ncc21. The van der Waals surface area contributed by atoms with Gasteiger partial charge in [0.05, 0.1) is 7.11 Å². The summed E-state index contributed by atoms with van der Waals surface area (Å²) in [6.07, 6.45) is 6.16. The highest BCUT2D eigenvalue weighted by Gasteiger charge is 2.20. The number of nitrogens with one attached hydrogen (secondary N) is 1. The third-order valence-corrected chi connectivity index (χ3v) is 4.08. The number of benzene rings is 1. The average molecular weight is 283 g/mol. The van der Waals surface area contributed by atoms with Crippen LogP contribution in [0, 0.1) is 0 Å². The second-order valence-corrected chi connectivity index (χ2v) is 5.45. The molecule has 0 fully saturated rings. The van der Waals surface area contributed by atoms with Crippen LogP contribution in [0.3, 0.4) is 0 Å². The number of hydrogen-bond acceptors (Lipinski definition) is 4. The van der Waals surface area contributed by atoms with E-state index in [2.05, 4.69) is 16.4 Å². The Kier molecular flexibility index (Phi) is 4.15. The minimum Gasteiger partial charge on any atom is -0.497 e. The van der Waals surface area contributed by atoms with Gasteiger partial charge in [-0.15, -0.1) is 0 Å². The number of ether oxygens (including phenoxy) is 1. The van der Waals surface area contributed by atoms with Gasteiger partial charge in [0.25, 0.3) is 0 Å². The smallest absolute Gasteiger partial charge is 0.132 e. The van der Waals surface area contributed by atoms with E-state index in [1.54, 1.807) is 7.11 Å². The molecule has 110 valence electrons. The standard InChI is InChI=1S/C17H21N3O/c1-18-15-7-4-8-16-14(15)11-19-17(20-16)10-12-5-3-6-13(9-12)21-2/h3,5-6,9,11,15,18H,4,7-8,10H2,1-2H3. The first-order valence-corrected chi connectivity index (χ1v) is 7.45. The molecule has 1 atom stereocenters. The fourth-order valence-corrected chi connectivity index (χ4v) is 2.94. The van der Waals surface area contributed by atoms with Gasteiger partial charge < -0.3 is 10.1 Å². The Morgan fingerprint density at radius 1 is 1.38 bits per heavy atom. The van der Waals surface area contributed by atoms with E-state index in [0.717, 1.165) is 24.4 Å². The van der Waals surface area contributed by atoms with Crippen molar-refractivity contribution < 1.29 is 4.74 Å². The summed E-state index contributed by atoms with van der Waals surface area (Å²) in [7, 11) is 3.69. The number of hydrogen-bond donors (Lipinski definition) is 1. The highest BCUT2D eigenvalue weighted by Crippen LogP contribution is 2.27. The van der Waals surface area contributed by atoms with Gasteiger partial charge in [0.2, 0.25) is 0 Å². The molecular formula is C17H21N3O. The van der Waals surface area contributed by atoms with Crippen LogP contribution in [-0.4, -0.2) is 24.1 Å². The molecular weight excluding hydrogens is 262 g/mol. The number of aryl methyl sites for hydroxylation is 1. The van der Waals surface area contributed by atoms with Gasteiger partial charge in [-0.3, -0.25) is 0 Å². The highest BCUT2D eigenvalue weighted by atomic mass is 16.5. The molecule has 0 radical (unpaired) electrons. The van der Waals surface area contributed by atoms with Crippen molar-refractivity contribution in [3.63, 3.8) is 0 Å². The molecule has 1 aliphatic carbocycles. The quantitative estimate of drug-likeness (QED) is 0.937. The van der Waals surface area contributed by atoms with E-state index in [9.17, 15) is 0 Å². The lowest BCUT2D eigenvalue weighted by molar-refractivity contribution is 0.414. The van der Waals surface area contributed by atoms with E-state index in [1.165, 1.54) is 29.7 Å². The number of fused-ring (bicyclic) bond motifs is 1. The first-order valence-electron chi connectivity index (χ1n) is 7.45. The normalized spacial score (nSPS) is 17.3. The topological polar surface area (TPSA) is 47.0 Å². The predicted molar refractivity (Wildman–Crippen MR) is 82.6 cm³/mol. The van der Waals surface area contributed by atoms with Gasteiger partial charge >= 0.3 is 0 Å². The Bertz CT molecular complexity index is 627. The van der Waals surface area contributed by atoms with Gasteiger partial charge in [0.15, 0.2) is 0 Å². The van der Waals surface area contributed by atoms with Crippen molar-refractivity contribution >= 4 is 0 Å². The van der Waals surface area contributed by atoms with Crippen LogP contribution in [0.5, 0.6) is 5.75 Å². The van der Waals surface area contributed by atoms with Gasteiger partial charge in [-0.05, 0) is 44.0 Å². The number of methoxy groups -OCH3 is 1. The van der Waals surface area contributed by atoms with E-state index in [0.29, 0.717) is 6.04 Å². The summed E-state index contributed by atoms with van der Waals surface area (Å²) in [6, 6.07) is 8.49. The van der Waals surface area contributed by atoms with Gasteiger partial charge in [-0.2, -0.15) is 0 Å². The maximum absolute atomic E-state index is 5.26. The van der Waals surface area contributed by atoms with Crippen LogP contribution in [0.2, 0.25) is 0 Å². The molecule has 4 heteroatoms. The van der Waals surface area contributed by atoms with Gasteiger partial charge in [-0.25, -0.2) is 9.97 Å². The molecule has 1 N–H and O–H groups in total. The predicted octanol–water partition coefficient (Wildman–Crippen LogP) is 2.67. The minimum atomic E-state index is 0.402. The Labute approximate surface area is 125 Å². The van der Waals surface area contributed by atoms with Gasteiger partial charge in [0.1, 0.15) is 11.6 Å². The van der Waals surface area contributed by atoms with Gasteiger partial charge in [0, 0.05) is 29.9 Å². The second kappa shape index (κ2) is 6.22. The second-order valence-electron chi connectivity index (χ2n) is 5.45. The van der Waals surface area contributed by atoms with E-state index in [4.69, 9.17) is 9.72 Å². The van der Waals surface area contributed by atoms with Crippen LogP contribution >= 0.6 is 0 Å². The zero-order chi connectivity index (χ0) is 14.7. The van der Waals surface area contributed by atoms with E-state index >= 15 is 0 Å². The first-order chi connectivity index (χ1) is 10.3. The van der Waals surface area contributed by atoms with E-state index in [1.807, 2.05) is 31.4 Å². The number of rotatable bonds is 4. The Hall–Kier alpha value is -1.94. The largest absolute Gasteiger partial charge is 0.497 e. The van der Waals surface area contributed by atoms with E-state index in [-0.39, 0.29) is 0 Å². The molecule has 0 saturated heterocycles. The highest BCUT2D eigenvalue weighted by molar-refractivity contribution is 5.31. The van der Waals surface area contributed by atoms with Crippen LogP contribution in [0.25, 0.3) is 0 Å². The van der Waals surface area contributed by atoms with Crippen molar-refractivity contribution in [1.82, 2.24) is 15.3 Å². The van der Waals surface area contributed by atoms with Crippen LogP contribution < -0.4 is 10.1 Å². The molecule has 1 heterocycles. The third-order valence-electron chi connectivity index (χ3n) is 4.08. The molecule has 1 aromatic carbocycles. The molecule has 4 nitrogen and oxygen atoms in total. The summed E-state index contributed by atoms with van der Waals surface area (Å²) < 4.78 is 5.26. The lowest BCUT2D eigenvalue weighted by Gasteiger charge is -2.24. The summed E-state index contributed by atoms with van der Waals surface area (Å²) in [5, 5.41) is 3.35. The Morgan fingerprint density at radius 3 is 3.10 bits per heavy atom. The van der Waals surface area contributed by atoms with Crippen molar-refractivity contribution in [2.45, 2.75) is 31.7 Å². The summed E-state index contributed by atoms with van der Waals surface area (Å²) in [4.78, 5) is 9.32. The van der Waals surface area contributed by atoms with Crippen molar-refractivity contribution in [1.29, 1.82) is 0 Å². The minimum absolute atomic E-state index is 0.402. The Morgan fingerprint density at radius 2 is 2.29 bits per heavy atom. The van der Waals surface area contributed by atoms with Gasteiger partial charge in [-0.1, -0.05) is 12.1 Å². The monoisotopic (exact) mass is 283 g/mol. The molecule has 0 bridgehead atoms. The number of aromatic nitrogens is 2. The number of nitrogens with zero attached hydrogens (tertiary/aromatic N) is 2. The fourth-order valence-electron chi connectivity index (χ4n) is 2.94. The zero-order valence-electron chi connectivity index (χ0n) is 12.6. The summed E-state index contributed by atoms with van der Waals surface area (Å²) in [5.41, 5.74) is 3.64. The van der Waals surface area contributed by atoms with Crippen molar-refractivity contribution in [3.05, 3.63) is 53.1 Å². The van der Waals surface area contributed by atoms with Crippen molar-refractivity contribution in [3.8, 4) is 5.75 Å². The zero-order valence-corrected chi connectivity index (χ0v) is 12.6. The molecule has 3 rings (SSSR count). The van der Waals surface area contributed by atoms with Crippen LogP contribution in [0.1, 0.15) is 41.5 Å². The summed E-state index contributed by atoms with van der Waals surface area (Å²) >= 11 is 0. The molecule has 2 aromatic rings. The van der Waals surface area contributed by atoms with Crippen molar-refractivity contribution in [2.75, 3.05) is 14.2 Å². The summed E-state index contributed by atoms with van der Waals surface area (Å²) in [5.74, 6) is 1.76. The summed E-state index contributed by atoms with van der Waals surface area (Å²) in [6.45, 7) is 0. The Balaban J connectivity index is 1.83. The molecule has 1 unspecified atom stereocenters. The van der Waals surface area contributed by atoms with Crippen LogP contribution in [-0.2, 0) is 12.8 Å². The van der Waals surface area contributed by atoms with Crippen molar-refractivity contribution in [2.24, 2.45) is 0 Å². The molecule has 0 aliphatic heterocycles. The molecule has 0 spiro atoms. The van der Waals surface area contributed by atoms with Crippen LogP contribution in [0.15, 0.2) is 30.5 Å². The lowest BCUT2D eigenvalue weighted by atomic mass is 9.92. The molecule has 21 heavy (non-hydrogen) atoms. The van der Waals surface area contributed by atoms with E-state index < -0.39 is 0 Å². The molecule has 1 aromatic heterocycles. The molecule has 0 saturated carbocycles. The third kappa shape index (κ3) is 3.05. The average Bonchev–Trinajstić information content (AvgIpc) is 2.54. The lowest BCUT2D eigenvalue weighted by Crippen LogP contribution is -2.23. The fraction of sp³-hybridized carbons (Fsp3) is 0.412. The molecule has 1 aliphatic rings. The maximum Gasteiger partial charge on any atom is 0.132 e. The maximum atomic E-state index is 5.26. The van der Waals surface area contributed by atoms with Crippen LogP contribution in [0.4, 0.5) is 0 Å². The molecule has 0 amide bonds. The first kappa shape index (κ1) is 14.0.